The zero-order valence-electron chi connectivity index (χ0n) is 9.52. The lowest BCUT2D eigenvalue weighted by molar-refractivity contribution is -0.121. The number of hydrogen-bond donors (Lipinski definition) is 1. The monoisotopic (exact) mass is 239 g/mol. The Hall–Kier alpha value is -1.62. The second-order valence-corrected chi connectivity index (χ2v) is 4.19. The summed E-state index contributed by atoms with van der Waals surface area (Å²) in [6, 6.07) is 4.08. The zero-order valence-corrected chi connectivity index (χ0v) is 9.52. The summed E-state index contributed by atoms with van der Waals surface area (Å²) in [5.74, 6) is -0.198. The molecule has 1 aromatic carbocycles. The van der Waals surface area contributed by atoms with Gasteiger partial charge in [0.15, 0.2) is 6.61 Å². The molecule has 0 bridgehead atoms. The first-order valence-corrected chi connectivity index (χ1v) is 5.45. The Morgan fingerprint density at radius 3 is 3.06 bits per heavy atom. The van der Waals surface area contributed by atoms with Gasteiger partial charge in [0.1, 0.15) is 11.6 Å². The summed E-state index contributed by atoms with van der Waals surface area (Å²) in [6.45, 7) is 2.11. The number of hydrogen-bond acceptors (Lipinski definition) is 3. The Morgan fingerprint density at radius 1 is 1.59 bits per heavy atom. The highest BCUT2D eigenvalue weighted by atomic mass is 19.1. The number of aliphatic hydroxyl groups excluding tert-OH is 1. The summed E-state index contributed by atoms with van der Waals surface area (Å²) in [5, 5.41) is 9.01. The van der Waals surface area contributed by atoms with Crippen LogP contribution in [-0.2, 0) is 4.79 Å². The lowest BCUT2D eigenvalue weighted by atomic mass is 10.1. The van der Waals surface area contributed by atoms with E-state index in [0.717, 1.165) is 0 Å². The van der Waals surface area contributed by atoms with Gasteiger partial charge in [0, 0.05) is 19.2 Å². The van der Waals surface area contributed by atoms with E-state index in [2.05, 4.69) is 0 Å². The molecule has 1 heterocycles. The number of benzene rings is 1. The lowest BCUT2D eigenvalue weighted by Gasteiger charge is -2.30. The maximum atomic E-state index is 13.2. The molecule has 0 aromatic heterocycles. The average molecular weight is 239 g/mol. The molecule has 1 amide bonds. The summed E-state index contributed by atoms with van der Waals surface area (Å²) in [6.07, 6.45) is 0. The largest absolute Gasteiger partial charge is 0.482 e. The van der Waals surface area contributed by atoms with Crippen LogP contribution in [-0.4, -0.2) is 30.8 Å². The summed E-state index contributed by atoms with van der Waals surface area (Å²) >= 11 is 0. The minimum Gasteiger partial charge on any atom is -0.482 e. The van der Waals surface area contributed by atoms with Gasteiger partial charge in [0.05, 0.1) is 5.69 Å². The highest BCUT2D eigenvalue weighted by molar-refractivity contribution is 5.97. The van der Waals surface area contributed by atoms with Gasteiger partial charge in [-0.1, -0.05) is 6.92 Å². The predicted octanol–water partition coefficient (Wildman–Crippen LogP) is 1.18. The Kier molecular flexibility index (Phi) is 3.28. The van der Waals surface area contributed by atoms with E-state index in [0.29, 0.717) is 18.0 Å². The van der Waals surface area contributed by atoms with E-state index in [1.165, 1.54) is 23.1 Å². The van der Waals surface area contributed by atoms with Crippen LogP contribution in [0.25, 0.3) is 0 Å². The fourth-order valence-electron chi connectivity index (χ4n) is 1.74. The van der Waals surface area contributed by atoms with Crippen LogP contribution in [0, 0.1) is 11.7 Å². The molecule has 5 heteroatoms. The first-order chi connectivity index (χ1) is 8.11. The van der Waals surface area contributed by atoms with Crippen molar-refractivity contribution >= 4 is 11.6 Å². The third-order valence-corrected chi connectivity index (χ3v) is 2.67. The molecule has 0 saturated carbocycles. The van der Waals surface area contributed by atoms with Crippen LogP contribution in [0.5, 0.6) is 5.75 Å². The van der Waals surface area contributed by atoms with Gasteiger partial charge in [-0.2, -0.15) is 0 Å². The number of nitrogens with zero attached hydrogens (tertiary/aromatic N) is 1. The molecule has 92 valence electrons. The first kappa shape index (κ1) is 11.9. The number of ether oxygens (including phenoxy) is 1. The SMILES string of the molecule is C[C@H](CO)CN1C(=O)COc2ccc(F)cc21. The number of carbonyl (C=O) groups is 1. The van der Waals surface area contributed by atoms with E-state index in [-0.39, 0.29) is 25.0 Å². The Morgan fingerprint density at radius 2 is 2.35 bits per heavy atom. The predicted molar refractivity (Wildman–Crippen MR) is 60.5 cm³/mol. The summed E-state index contributed by atoms with van der Waals surface area (Å²) in [5.41, 5.74) is 0.432. The van der Waals surface area contributed by atoms with Crippen molar-refractivity contribution in [2.24, 2.45) is 5.92 Å². The number of halogens is 1. The number of aliphatic hydroxyl groups is 1. The van der Waals surface area contributed by atoms with Gasteiger partial charge < -0.3 is 14.7 Å². The van der Waals surface area contributed by atoms with Gasteiger partial charge in [0.25, 0.3) is 5.91 Å². The highest BCUT2D eigenvalue weighted by Crippen LogP contribution is 2.32. The number of carbonyl (C=O) groups excluding carboxylic acids is 1. The molecular formula is C12H14FNO3. The van der Waals surface area contributed by atoms with Gasteiger partial charge in [-0.3, -0.25) is 4.79 Å². The lowest BCUT2D eigenvalue weighted by Crippen LogP contribution is -2.41. The third kappa shape index (κ3) is 2.39. The third-order valence-electron chi connectivity index (χ3n) is 2.67. The van der Waals surface area contributed by atoms with E-state index < -0.39 is 5.82 Å². The van der Waals surface area contributed by atoms with Crippen molar-refractivity contribution in [3.8, 4) is 5.75 Å². The van der Waals surface area contributed by atoms with Gasteiger partial charge in [-0.15, -0.1) is 0 Å². The molecule has 0 unspecified atom stereocenters. The Balaban J connectivity index is 2.32. The summed E-state index contributed by atoms with van der Waals surface area (Å²) < 4.78 is 18.4. The molecule has 2 rings (SSSR count). The number of fused-ring (bicyclic) bond motifs is 1. The van der Waals surface area contributed by atoms with E-state index in [4.69, 9.17) is 9.84 Å². The van der Waals surface area contributed by atoms with Crippen molar-refractivity contribution in [1.82, 2.24) is 0 Å². The fraction of sp³-hybridized carbons (Fsp3) is 0.417. The molecule has 1 N–H and O–H groups in total. The smallest absolute Gasteiger partial charge is 0.265 e. The van der Waals surface area contributed by atoms with E-state index in [1.807, 2.05) is 6.92 Å². The average Bonchev–Trinajstić information content (AvgIpc) is 2.32. The van der Waals surface area contributed by atoms with E-state index >= 15 is 0 Å². The van der Waals surface area contributed by atoms with Crippen LogP contribution in [0.4, 0.5) is 10.1 Å². The summed E-state index contributed by atoms with van der Waals surface area (Å²) in [4.78, 5) is 13.2. The van der Waals surface area contributed by atoms with Crippen molar-refractivity contribution in [3.05, 3.63) is 24.0 Å². The van der Waals surface area contributed by atoms with Crippen LogP contribution < -0.4 is 9.64 Å². The normalized spacial score (nSPS) is 16.4. The second-order valence-electron chi connectivity index (χ2n) is 4.19. The molecule has 0 fully saturated rings. The van der Waals surface area contributed by atoms with Gasteiger partial charge in [-0.05, 0) is 18.1 Å². The maximum absolute atomic E-state index is 13.2. The quantitative estimate of drug-likeness (QED) is 0.861. The minimum atomic E-state index is -0.413. The number of anilines is 1. The van der Waals surface area contributed by atoms with Gasteiger partial charge in [0.2, 0.25) is 0 Å². The number of rotatable bonds is 3. The first-order valence-electron chi connectivity index (χ1n) is 5.45. The highest BCUT2D eigenvalue weighted by Gasteiger charge is 2.26. The molecule has 0 saturated heterocycles. The van der Waals surface area contributed by atoms with Gasteiger partial charge in [-0.25, -0.2) is 4.39 Å². The van der Waals surface area contributed by atoms with Crippen molar-refractivity contribution in [1.29, 1.82) is 0 Å². The van der Waals surface area contributed by atoms with E-state index in [1.54, 1.807) is 0 Å². The summed E-state index contributed by atoms with van der Waals surface area (Å²) in [7, 11) is 0. The topological polar surface area (TPSA) is 49.8 Å². The van der Waals surface area contributed by atoms with Crippen LogP contribution in [0.1, 0.15) is 6.92 Å². The second kappa shape index (κ2) is 4.71. The molecule has 0 radical (unpaired) electrons. The number of amides is 1. The van der Waals surface area contributed by atoms with Crippen molar-refractivity contribution in [3.63, 3.8) is 0 Å². The van der Waals surface area contributed by atoms with Gasteiger partial charge >= 0.3 is 0 Å². The molecule has 4 nitrogen and oxygen atoms in total. The molecule has 1 aliphatic heterocycles. The molecular weight excluding hydrogens is 225 g/mol. The van der Waals surface area contributed by atoms with Crippen molar-refractivity contribution in [2.45, 2.75) is 6.92 Å². The van der Waals surface area contributed by atoms with Crippen molar-refractivity contribution in [2.75, 3.05) is 24.7 Å². The van der Waals surface area contributed by atoms with Crippen LogP contribution in [0.15, 0.2) is 18.2 Å². The molecule has 1 atom stereocenters. The van der Waals surface area contributed by atoms with Crippen LogP contribution in [0.2, 0.25) is 0 Å². The fourth-order valence-corrected chi connectivity index (χ4v) is 1.74. The van der Waals surface area contributed by atoms with E-state index in [9.17, 15) is 9.18 Å². The molecule has 17 heavy (non-hydrogen) atoms. The minimum absolute atomic E-state index is 0.0186. The molecule has 0 aliphatic carbocycles. The molecule has 1 aliphatic rings. The van der Waals surface area contributed by atoms with Crippen molar-refractivity contribution < 1.29 is 19.0 Å². The molecule has 1 aromatic rings. The maximum Gasteiger partial charge on any atom is 0.265 e. The Labute approximate surface area is 98.6 Å². The zero-order chi connectivity index (χ0) is 12.4. The molecule has 0 spiro atoms. The standard InChI is InChI=1S/C12H14FNO3/c1-8(6-15)5-14-10-4-9(13)2-3-11(10)17-7-12(14)16/h2-4,8,15H,5-7H2,1H3/t8-/m0/s1. The van der Waals surface area contributed by atoms with Crippen LogP contribution >= 0.6 is 0 Å². The Bertz CT molecular complexity index is 436. The van der Waals surface area contributed by atoms with Crippen LogP contribution in [0.3, 0.4) is 0 Å².